The molecule has 0 spiro atoms. The van der Waals surface area contributed by atoms with Crippen molar-refractivity contribution in [3.63, 3.8) is 0 Å². The molecule has 0 aromatic heterocycles. The van der Waals surface area contributed by atoms with E-state index in [0.29, 0.717) is 32.4 Å². The SMILES string of the molecule is CC(C)(C)OC(=O)N1CCC(CN(C(=O)C(F)(F)F)[C@@H]2C[C@H]2c2ccc(I)cc2)CC1. The van der Waals surface area contributed by atoms with Gasteiger partial charge in [-0.3, -0.25) is 4.79 Å². The number of halogens is 4. The number of carbonyl (C=O) groups excluding carboxylic acids is 2. The van der Waals surface area contributed by atoms with Crippen LogP contribution in [0.3, 0.4) is 0 Å². The van der Waals surface area contributed by atoms with E-state index < -0.39 is 29.8 Å². The summed E-state index contributed by atoms with van der Waals surface area (Å²) in [5.41, 5.74) is 0.366. The van der Waals surface area contributed by atoms with Gasteiger partial charge in [0.1, 0.15) is 5.60 Å². The van der Waals surface area contributed by atoms with E-state index in [1.165, 1.54) is 0 Å². The van der Waals surface area contributed by atoms with E-state index in [1.807, 2.05) is 24.3 Å². The molecule has 2 fully saturated rings. The van der Waals surface area contributed by atoms with Crippen LogP contribution >= 0.6 is 22.6 Å². The number of likely N-dealkylation sites (tertiary alicyclic amines) is 1. The van der Waals surface area contributed by atoms with E-state index in [4.69, 9.17) is 4.74 Å². The van der Waals surface area contributed by atoms with Gasteiger partial charge in [-0.25, -0.2) is 4.79 Å². The summed E-state index contributed by atoms with van der Waals surface area (Å²) in [6, 6.07) is 7.25. The second-order valence-electron chi connectivity index (χ2n) is 9.33. The van der Waals surface area contributed by atoms with Crippen LogP contribution in [0.5, 0.6) is 0 Å². The third-order valence-electron chi connectivity index (χ3n) is 5.68. The Labute approximate surface area is 194 Å². The summed E-state index contributed by atoms with van der Waals surface area (Å²) in [4.78, 5) is 27.0. The van der Waals surface area contributed by atoms with Gasteiger partial charge < -0.3 is 14.5 Å². The summed E-state index contributed by atoms with van der Waals surface area (Å²) in [7, 11) is 0. The van der Waals surface area contributed by atoms with Crippen LogP contribution < -0.4 is 0 Å². The van der Waals surface area contributed by atoms with Crippen molar-refractivity contribution in [1.82, 2.24) is 9.80 Å². The Morgan fingerprint density at radius 3 is 2.23 bits per heavy atom. The maximum Gasteiger partial charge on any atom is 0.471 e. The van der Waals surface area contributed by atoms with Crippen LogP contribution in [0.15, 0.2) is 24.3 Å². The van der Waals surface area contributed by atoms with Crippen LogP contribution in [0.4, 0.5) is 18.0 Å². The highest BCUT2D eigenvalue weighted by Crippen LogP contribution is 2.46. The molecule has 1 aromatic rings. The van der Waals surface area contributed by atoms with Crippen molar-refractivity contribution in [2.45, 2.75) is 63.8 Å². The predicted molar refractivity (Wildman–Crippen MR) is 119 cm³/mol. The molecule has 31 heavy (non-hydrogen) atoms. The molecule has 1 saturated heterocycles. The number of rotatable bonds is 4. The molecule has 1 aromatic carbocycles. The fraction of sp³-hybridized carbons (Fsp3) is 0.636. The van der Waals surface area contributed by atoms with Crippen LogP contribution in [-0.2, 0) is 9.53 Å². The predicted octanol–water partition coefficient (Wildman–Crippen LogP) is 5.19. The average Bonchev–Trinajstić information content (AvgIpc) is 3.45. The molecule has 1 saturated carbocycles. The summed E-state index contributed by atoms with van der Waals surface area (Å²) >= 11 is 2.18. The lowest BCUT2D eigenvalue weighted by Gasteiger charge is -2.36. The highest BCUT2D eigenvalue weighted by atomic mass is 127. The number of hydrogen-bond acceptors (Lipinski definition) is 3. The van der Waals surface area contributed by atoms with Crippen molar-refractivity contribution >= 4 is 34.6 Å². The van der Waals surface area contributed by atoms with E-state index in [1.54, 1.807) is 25.7 Å². The number of benzene rings is 1. The third kappa shape index (κ3) is 6.49. The number of carbonyl (C=O) groups is 2. The van der Waals surface area contributed by atoms with Gasteiger partial charge in [0.25, 0.3) is 0 Å². The minimum Gasteiger partial charge on any atom is -0.444 e. The quantitative estimate of drug-likeness (QED) is 0.484. The minimum atomic E-state index is -4.89. The van der Waals surface area contributed by atoms with Gasteiger partial charge in [0, 0.05) is 35.2 Å². The van der Waals surface area contributed by atoms with E-state index >= 15 is 0 Å². The van der Waals surface area contributed by atoms with Crippen LogP contribution in [0.25, 0.3) is 0 Å². The molecule has 1 heterocycles. The smallest absolute Gasteiger partial charge is 0.444 e. The van der Waals surface area contributed by atoms with Gasteiger partial charge in [0.05, 0.1) is 0 Å². The van der Waals surface area contributed by atoms with Crippen molar-refractivity contribution < 1.29 is 27.5 Å². The van der Waals surface area contributed by atoms with E-state index in [9.17, 15) is 22.8 Å². The Hall–Kier alpha value is -1.52. The van der Waals surface area contributed by atoms with Crippen LogP contribution in [0.2, 0.25) is 0 Å². The molecule has 0 N–H and O–H groups in total. The first kappa shape index (κ1) is 24.1. The van der Waals surface area contributed by atoms with E-state index in [0.717, 1.165) is 14.0 Å². The summed E-state index contributed by atoms with van der Waals surface area (Å²) in [5.74, 6) is -1.91. The Kier molecular flexibility index (Phi) is 7.12. The Bertz CT molecular complexity index is 800. The van der Waals surface area contributed by atoms with Crippen LogP contribution in [0.1, 0.15) is 51.5 Å². The largest absolute Gasteiger partial charge is 0.471 e. The molecule has 1 aliphatic heterocycles. The van der Waals surface area contributed by atoms with Gasteiger partial charge in [-0.2, -0.15) is 13.2 Å². The second-order valence-corrected chi connectivity index (χ2v) is 10.6. The number of alkyl halides is 3. The topological polar surface area (TPSA) is 49.9 Å². The van der Waals surface area contributed by atoms with Crippen molar-refractivity contribution in [3.05, 3.63) is 33.4 Å². The van der Waals surface area contributed by atoms with Crippen molar-refractivity contribution in [1.29, 1.82) is 0 Å². The first-order valence-corrected chi connectivity index (χ1v) is 11.5. The molecule has 2 aliphatic rings. The fourth-order valence-corrected chi connectivity index (χ4v) is 4.39. The standard InChI is InChI=1S/C22H28F3IN2O3/c1-21(2,3)31-20(30)27-10-8-14(9-11-27)13-28(19(29)22(23,24)25)18-12-17(18)15-4-6-16(26)7-5-15/h4-7,14,17-18H,8-13H2,1-3H3/t17-,18+/m0/s1. The monoisotopic (exact) mass is 552 g/mol. The first-order chi connectivity index (χ1) is 14.3. The first-order valence-electron chi connectivity index (χ1n) is 10.5. The summed E-state index contributed by atoms with van der Waals surface area (Å²) in [5, 5.41) is 0. The molecule has 172 valence electrons. The van der Waals surface area contributed by atoms with Gasteiger partial charge >= 0.3 is 18.2 Å². The number of ether oxygens (including phenoxy) is 1. The molecule has 3 rings (SSSR count). The molecule has 9 heteroatoms. The molecular weight excluding hydrogens is 524 g/mol. The minimum absolute atomic E-state index is 0.0615. The molecule has 0 radical (unpaired) electrons. The zero-order valence-corrected chi connectivity index (χ0v) is 20.1. The maximum atomic E-state index is 13.3. The van der Waals surface area contributed by atoms with Gasteiger partial charge in [-0.05, 0) is 86.2 Å². The highest BCUT2D eigenvalue weighted by molar-refractivity contribution is 14.1. The molecule has 5 nitrogen and oxygen atoms in total. The summed E-state index contributed by atoms with van der Waals surface area (Å²) in [6.07, 6.45) is -3.67. The molecule has 0 bridgehead atoms. The van der Waals surface area contributed by atoms with Crippen LogP contribution in [0, 0.1) is 9.49 Å². The average molecular weight is 552 g/mol. The number of hydrogen-bond donors (Lipinski definition) is 0. The molecular formula is C22H28F3IN2O3. The van der Waals surface area contributed by atoms with Crippen LogP contribution in [-0.4, -0.2) is 59.3 Å². The maximum absolute atomic E-state index is 13.3. The van der Waals surface area contributed by atoms with Gasteiger partial charge in [-0.15, -0.1) is 0 Å². The summed E-state index contributed by atoms with van der Waals surface area (Å²) < 4.78 is 46.3. The zero-order chi connectivity index (χ0) is 23.0. The fourth-order valence-electron chi connectivity index (χ4n) is 4.03. The molecule has 2 amide bonds. The highest BCUT2D eigenvalue weighted by Gasteiger charge is 2.52. The molecule has 0 unspecified atom stereocenters. The van der Waals surface area contributed by atoms with Crippen molar-refractivity contribution in [2.24, 2.45) is 5.92 Å². The lowest BCUT2D eigenvalue weighted by atomic mass is 9.96. The number of piperidine rings is 1. The Balaban J connectivity index is 1.62. The summed E-state index contributed by atoms with van der Waals surface area (Å²) in [6.45, 7) is 6.26. The third-order valence-corrected chi connectivity index (χ3v) is 6.40. The Morgan fingerprint density at radius 2 is 1.71 bits per heavy atom. The lowest BCUT2D eigenvalue weighted by molar-refractivity contribution is -0.187. The molecule has 2 atom stereocenters. The lowest BCUT2D eigenvalue weighted by Crippen LogP contribution is -2.48. The number of nitrogens with zero attached hydrogens (tertiary/aromatic N) is 2. The van der Waals surface area contributed by atoms with Gasteiger partial charge in [0.2, 0.25) is 0 Å². The molecule has 1 aliphatic carbocycles. The second kappa shape index (κ2) is 9.15. The van der Waals surface area contributed by atoms with E-state index in [-0.39, 0.29) is 18.4 Å². The Morgan fingerprint density at radius 1 is 1.13 bits per heavy atom. The number of amides is 2. The normalized spacial score (nSPS) is 22.2. The van der Waals surface area contributed by atoms with Crippen molar-refractivity contribution in [2.75, 3.05) is 19.6 Å². The van der Waals surface area contributed by atoms with E-state index in [2.05, 4.69) is 22.6 Å². The van der Waals surface area contributed by atoms with Gasteiger partial charge in [0.15, 0.2) is 0 Å². The zero-order valence-electron chi connectivity index (χ0n) is 17.9. The van der Waals surface area contributed by atoms with Crippen molar-refractivity contribution in [3.8, 4) is 0 Å². The van der Waals surface area contributed by atoms with Gasteiger partial charge in [-0.1, -0.05) is 12.1 Å².